The molecule has 0 radical (unpaired) electrons. The van der Waals surface area contributed by atoms with Gasteiger partial charge in [-0.25, -0.2) is 8.78 Å². The lowest BCUT2D eigenvalue weighted by atomic mass is 9.90. The van der Waals surface area contributed by atoms with Gasteiger partial charge in [-0.3, -0.25) is 0 Å². The third-order valence-corrected chi connectivity index (χ3v) is 3.43. The van der Waals surface area contributed by atoms with E-state index in [9.17, 15) is 8.78 Å². The predicted octanol–water partition coefficient (Wildman–Crippen LogP) is 3.82. The number of hydrogen-bond donors (Lipinski definition) is 1. The highest BCUT2D eigenvalue weighted by molar-refractivity contribution is 6.30. The van der Waals surface area contributed by atoms with Gasteiger partial charge in [0.15, 0.2) is 0 Å². The molecule has 0 saturated carbocycles. The molecule has 1 fully saturated rings. The van der Waals surface area contributed by atoms with Gasteiger partial charge < -0.3 is 5.32 Å². The molecule has 0 bridgehead atoms. The number of nitrogens with one attached hydrogen (secondary N) is 1. The molecule has 1 unspecified atom stereocenters. The van der Waals surface area contributed by atoms with Crippen LogP contribution in [0.15, 0.2) is 24.3 Å². The molecule has 1 heterocycles. The molecular formula is C13H16ClF2N. The molecule has 4 heteroatoms. The Morgan fingerprint density at radius 3 is 2.88 bits per heavy atom. The number of hydrogen-bond acceptors (Lipinski definition) is 1. The number of rotatable bonds is 3. The summed E-state index contributed by atoms with van der Waals surface area (Å²) >= 11 is 5.75. The van der Waals surface area contributed by atoms with Gasteiger partial charge in [-0.15, -0.1) is 0 Å². The third kappa shape index (κ3) is 3.39. The fraction of sp³-hybridized carbons (Fsp3) is 0.538. The van der Waals surface area contributed by atoms with E-state index in [1.165, 1.54) is 12.1 Å². The SMILES string of the molecule is FC(F)(CC1CCCNC1)c1cccc(Cl)c1. The molecular weight excluding hydrogens is 244 g/mol. The molecule has 2 rings (SSSR count). The smallest absolute Gasteiger partial charge is 0.273 e. The van der Waals surface area contributed by atoms with Gasteiger partial charge in [0.25, 0.3) is 5.92 Å². The molecule has 1 aliphatic heterocycles. The average molecular weight is 260 g/mol. The van der Waals surface area contributed by atoms with Crippen LogP contribution in [0.3, 0.4) is 0 Å². The molecule has 94 valence electrons. The maximum atomic E-state index is 14.0. The molecule has 1 aromatic rings. The molecule has 0 aliphatic carbocycles. The van der Waals surface area contributed by atoms with Gasteiger partial charge in [-0.1, -0.05) is 23.7 Å². The van der Waals surface area contributed by atoms with E-state index in [1.54, 1.807) is 12.1 Å². The van der Waals surface area contributed by atoms with E-state index in [2.05, 4.69) is 5.32 Å². The van der Waals surface area contributed by atoms with Gasteiger partial charge in [0.1, 0.15) is 0 Å². The molecule has 1 aliphatic rings. The first kappa shape index (κ1) is 12.8. The number of alkyl halides is 2. The van der Waals surface area contributed by atoms with Crippen LogP contribution in [-0.2, 0) is 5.92 Å². The van der Waals surface area contributed by atoms with Gasteiger partial charge in [0.2, 0.25) is 0 Å². The van der Waals surface area contributed by atoms with Crippen LogP contribution in [0.25, 0.3) is 0 Å². The Morgan fingerprint density at radius 2 is 2.24 bits per heavy atom. The van der Waals surface area contributed by atoms with E-state index < -0.39 is 5.92 Å². The van der Waals surface area contributed by atoms with Crippen molar-refractivity contribution in [2.75, 3.05) is 13.1 Å². The number of benzene rings is 1. The Kier molecular flexibility index (Phi) is 4.00. The molecule has 0 spiro atoms. The van der Waals surface area contributed by atoms with Crippen molar-refractivity contribution in [1.82, 2.24) is 5.32 Å². The maximum Gasteiger partial charge on any atom is 0.273 e. The van der Waals surface area contributed by atoms with E-state index in [4.69, 9.17) is 11.6 Å². The van der Waals surface area contributed by atoms with Crippen molar-refractivity contribution in [1.29, 1.82) is 0 Å². The monoisotopic (exact) mass is 259 g/mol. The summed E-state index contributed by atoms with van der Waals surface area (Å²) in [5.74, 6) is -2.73. The summed E-state index contributed by atoms with van der Waals surface area (Å²) in [5.41, 5.74) is 0.0237. The van der Waals surface area contributed by atoms with Crippen molar-refractivity contribution in [3.8, 4) is 0 Å². The minimum atomic E-state index is -2.78. The highest BCUT2D eigenvalue weighted by Crippen LogP contribution is 2.37. The van der Waals surface area contributed by atoms with Gasteiger partial charge in [-0.2, -0.15) is 0 Å². The fourth-order valence-electron chi connectivity index (χ4n) is 2.29. The fourth-order valence-corrected chi connectivity index (χ4v) is 2.48. The Balaban J connectivity index is 2.06. The Hall–Kier alpha value is -0.670. The molecule has 0 amide bonds. The van der Waals surface area contributed by atoms with Gasteiger partial charge in [0, 0.05) is 17.0 Å². The predicted molar refractivity (Wildman–Crippen MR) is 65.6 cm³/mol. The van der Waals surface area contributed by atoms with Crippen molar-refractivity contribution in [2.24, 2.45) is 5.92 Å². The Bertz CT molecular complexity index is 375. The van der Waals surface area contributed by atoms with E-state index >= 15 is 0 Å². The van der Waals surface area contributed by atoms with Crippen LogP contribution < -0.4 is 5.32 Å². The van der Waals surface area contributed by atoms with Gasteiger partial charge in [-0.05, 0) is 44.0 Å². The first-order valence-corrected chi connectivity index (χ1v) is 6.30. The first-order chi connectivity index (χ1) is 8.08. The molecule has 17 heavy (non-hydrogen) atoms. The van der Waals surface area contributed by atoms with Crippen LogP contribution in [0.2, 0.25) is 5.02 Å². The van der Waals surface area contributed by atoms with Crippen LogP contribution in [-0.4, -0.2) is 13.1 Å². The topological polar surface area (TPSA) is 12.0 Å². The quantitative estimate of drug-likeness (QED) is 0.870. The molecule has 1 N–H and O–H groups in total. The van der Waals surface area contributed by atoms with E-state index in [-0.39, 0.29) is 17.9 Å². The standard InChI is InChI=1S/C13H16ClF2N/c14-12-5-1-4-11(7-12)13(15,16)8-10-3-2-6-17-9-10/h1,4-5,7,10,17H,2-3,6,8-9H2. The second kappa shape index (κ2) is 5.32. The van der Waals surface area contributed by atoms with Gasteiger partial charge in [0.05, 0.1) is 0 Å². The highest BCUT2D eigenvalue weighted by atomic mass is 35.5. The lowest BCUT2D eigenvalue weighted by Crippen LogP contribution is -2.33. The largest absolute Gasteiger partial charge is 0.316 e. The van der Waals surface area contributed by atoms with Crippen LogP contribution in [0.1, 0.15) is 24.8 Å². The summed E-state index contributed by atoms with van der Waals surface area (Å²) < 4.78 is 28.1. The lowest BCUT2D eigenvalue weighted by Gasteiger charge is -2.27. The van der Waals surface area contributed by atoms with Crippen LogP contribution in [0.4, 0.5) is 8.78 Å². The van der Waals surface area contributed by atoms with Crippen LogP contribution >= 0.6 is 11.6 Å². The third-order valence-electron chi connectivity index (χ3n) is 3.19. The Labute approximate surface area is 105 Å². The molecule has 1 saturated heterocycles. The average Bonchev–Trinajstić information content (AvgIpc) is 2.30. The molecule has 1 aromatic carbocycles. The second-order valence-electron chi connectivity index (χ2n) is 4.63. The minimum absolute atomic E-state index is 0.0237. The summed E-state index contributed by atoms with van der Waals surface area (Å²) in [6.45, 7) is 1.63. The molecule has 0 aromatic heterocycles. The normalized spacial score (nSPS) is 21.5. The lowest BCUT2D eigenvalue weighted by molar-refractivity contribution is -0.0317. The summed E-state index contributed by atoms with van der Waals surface area (Å²) in [4.78, 5) is 0. The number of piperidine rings is 1. The maximum absolute atomic E-state index is 14.0. The number of halogens is 3. The highest BCUT2D eigenvalue weighted by Gasteiger charge is 2.35. The molecule has 1 nitrogen and oxygen atoms in total. The van der Waals surface area contributed by atoms with E-state index in [0.29, 0.717) is 11.6 Å². The summed E-state index contributed by atoms with van der Waals surface area (Å²) in [5, 5.41) is 3.53. The van der Waals surface area contributed by atoms with E-state index in [1.807, 2.05) is 0 Å². The van der Waals surface area contributed by atoms with Crippen LogP contribution in [0, 0.1) is 5.92 Å². The summed E-state index contributed by atoms with van der Waals surface area (Å²) in [7, 11) is 0. The first-order valence-electron chi connectivity index (χ1n) is 5.92. The minimum Gasteiger partial charge on any atom is -0.316 e. The van der Waals surface area contributed by atoms with Crippen LogP contribution in [0.5, 0.6) is 0 Å². The van der Waals surface area contributed by atoms with Crippen molar-refractivity contribution >= 4 is 11.6 Å². The van der Waals surface area contributed by atoms with Crippen molar-refractivity contribution in [2.45, 2.75) is 25.2 Å². The van der Waals surface area contributed by atoms with Crippen molar-refractivity contribution in [3.05, 3.63) is 34.9 Å². The zero-order chi connectivity index (χ0) is 12.3. The zero-order valence-electron chi connectivity index (χ0n) is 9.56. The van der Waals surface area contributed by atoms with E-state index in [0.717, 1.165) is 19.4 Å². The van der Waals surface area contributed by atoms with Crippen molar-refractivity contribution < 1.29 is 8.78 Å². The Morgan fingerprint density at radius 1 is 1.41 bits per heavy atom. The second-order valence-corrected chi connectivity index (χ2v) is 5.07. The summed E-state index contributed by atoms with van der Waals surface area (Å²) in [6.07, 6.45) is 1.76. The molecule has 1 atom stereocenters. The summed E-state index contributed by atoms with van der Waals surface area (Å²) in [6, 6.07) is 5.99. The zero-order valence-corrected chi connectivity index (χ0v) is 10.3. The van der Waals surface area contributed by atoms with Crippen molar-refractivity contribution in [3.63, 3.8) is 0 Å². The van der Waals surface area contributed by atoms with Gasteiger partial charge >= 0.3 is 0 Å².